The third kappa shape index (κ3) is 6.23. The molecule has 0 fully saturated rings. The molecule has 0 aliphatic carbocycles. The van der Waals surface area contributed by atoms with Gasteiger partial charge < -0.3 is 0 Å². The fourth-order valence-electron chi connectivity index (χ4n) is 7.38. The minimum absolute atomic E-state index is 1.26. The monoisotopic (exact) mass is 660 g/mol. The van der Waals surface area contributed by atoms with E-state index in [1.807, 2.05) is 0 Å². The van der Waals surface area contributed by atoms with Crippen LogP contribution in [0, 0.1) is 0 Å². The fraction of sp³-hybridized carbons (Fsp3) is 0. The lowest BCUT2D eigenvalue weighted by molar-refractivity contribution is 1.64. The summed E-state index contributed by atoms with van der Waals surface area (Å²) in [6, 6.07) is 78.2. The van der Waals surface area contributed by atoms with Crippen molar-refractivity contribution in [3.8, 4) is 44.5 Å². The molecule has 10 rings (SSSR count). The number of benzene rings is 10. The van der Waals surface area contributed by atoms with Crippen molar-refractivity contribution < 1.29 is 0 Å². The van der Waals surface area contributed by atoms with Gasteiger partial charge in [0.05, 0.1) is 0 Å². The quantitative estimate of drug-likeness (QED) is 0.165. The molecule has 0 saturated carbocycles. The van der Waals surface area contributed by atoms with Crippen molar-refractivity contribution in [2.75, 3.05) is 0 Å². The lowest BCUT2D eigenvalue weighted by atomic mass is 9.95. The Morgan fingerprint density at radius 2 is 0.365 bits per heavy atom. The molecule has 0 saturated heterocycles. The highest BCUT2D eigenvalue weighted by Crippen LogP contribution is 2.34. The van der Waals surface area contributed by atoms with Crippen LogP contribution in [-0.2, 0) is 0 Å². The molecule has 10 aromatic carbocycles. The first-order valence-electron chi connectivity index (χ1n) is 17.9. The first kappa shape index (κ1) is 31.2. The van der Waals surface area contributed by atoms with E-state index in [4.69, 9.17) is 0 Å². The average Bonchev–Trinajstić information content (AvgIpc) is 3.24. The van der Waals surface area contributed by atoms with E-state index in [0.29, 0.717) is 0 Å². The minimum Gasteiger partial charge on any atom is -0.0622 e. The summed E-state index contributed by atoms with van der Waals surface area (Å²) in [5.74, 6) is 0. The van der Waals surface area contributed by atoms with Crippen LogP contribution >= 0.6 is 0 Å². The van der Waals surface area contributed by atoms with Crippen LogP contribution in [0.4, 0.5) is 0 Å². The van der Waals surface area contributed by atoms with Crippen molar-refractivity contribution >= 4 is 43.1 Å². The van der Waals surface area contributed by atoms with Crippen molar-refractivity contribution in [2.45, 2.75) is 0 Å². The molecule has 0 radical (unpaired) electrons. The summed E-state index contributed by atoms with van der Waals surface area (Å²) in [4.78, 5) is 0. The summed E-state index contributed by atoms with van der Waals surface area (Å²) >= 11 is 0. The van der Waals surface area contributed by atoms with E-state index >= 15 is 0 Å². The second kappa shape index (κ2) is 13.9. The molecule has 0 aliphatic rings. The molecule has 0 heterocycles. The zero-order valence-electron chi connectivity index (χ0n) is 28.8. The Balaban J connectivity index is 0.000000138. The largest absolute Gasteiger partial charge is 0.0622 e. The van der Waals surface area contributed by atoms with E-state index < -0.39 is 0 Å². The van der Waals surface area contributed by atoms with Gasteiger partial charge in [-0.1, -0.05) is 194 Å². The Labute approximate surface area is 304 Å². The highest BCUT2D eigenvalue weighted by Gasteiger charge is 2.07. The van der Waals surface area contributed by atoms with Crippen molar-refractivity contribution in [1.82, 2.24) is 0 Å². The first-order chi connectivity index (χ1) is 25.8. The standard InChI is InChI=1S/2C26H18/c2*1-3-7-19(8-4-1)21-13-15-25-23(17-21)11-12-24-18-22(14-16-26(24)25)20-9-5-2-6-10-20/h2*1-18H. The van der Waals surface area contributed by atoms with Gasteiger partial charge in [0.2, 0.25) is 0 Å². The number of fused-ring (bicyclic) bond motifs is 6. The molecule has 52 heavy (non-hydrogen) atoms. The van der Waals surface area contributed by atoms with E-state index in [-0.39, 0.29) is 0 Å². The third-order valence-corrected chi connectivity index (χ3v) is 10.1. The summed E-state index contributed by atoms with van der Waals surface area (Å²) < 4.78 is 0. The second-order valence-corrected chi connectivity index (χ2v) is 13.3. The Morgan fingerprint density at radius 1 is 0.154 bits per heavy atom. The van der Waals surface area contributed by atoms with Crippen LogP contribution in [0.15, 0.2) is 218 Å². The van der Waals surface area contributed by atoms with Crippen LogP contribution in [-0.4, -0.2) is 0 Å². The zero-order valence-corrected chi connectivity index (χ0v) is 28.8. The third-order valence-electron chi connectivity index (χ3n) is 10.1. The predicted octanol–water partition coefficient (Wildman–Crippen LogP) is 14.7. The summed E-state index contributed by atoms with van der Waals surface area (Å²) in [7, 11) is 0. The summed E-state index contributed by atoms with van der Waals surface area (Å²) in [6.07, 6.45) is 0. The van der Waals surface area contributed by atoms with Crippen LogP contribution in [0.1, 0.15) is 0 Å². The van der Waals surface area contributed by atoms with Gasteiger partial charge in [-0.3, -0.25) is 0 Å². The van der Waals surface area contributed by atoms with Crippen molar-refractivity contribution in [3.63, 3.8) is 0 Å². The second-order valence-electron chi connectivity index (χ2n) is 13.3. The van der Waals surface area contributed by atoms with Crippen LogP contribution in [0.3, 0.4) is 0 Å². The maximum absolute atomic E-state index is 2.29. The van der Waals surface area contributed by atoms with Gasteiger partial charge in [-0.2, -0.15) is 0 Å². The predicted molar refractivity (Wildman–Crippen MR) is 225 cm³/mol. The van der Waals surface area contributed by atoms with Gasteiger partial charge in [-0.25, -0.2) is 0 Å². The lowest BCUT2D eigenvalue weighted by Gasteiger charge is -2.09. The van der Waals surface area contributed by atoms with E-state index in [9.17, 15) is 0 Å². The molecule has 0 bridgehead atoms. The van der Waals surface area contributed by atoms with Gasteiger partial charge in [0, 0.05) is 0 Å². The van der Waals surface area contributed by atoms with Crippen molar-refractivity contribution in [3.05, 3.63) is 218 Å². The molecule has 0 amide bonds. The van der Waals surface area contributed by atoms with Gasteiger partial charge >= 0.3 is 0 Å². The SMILES string of the molecule is c1ccc(-c2ccc3c(ccc4cc(-c5ccccc5)ccc43)c2)cc1.c1ccc(-c2ccc3c(ccc4cc(-c5ccccc5)ccc43)c2)cc1. The highest BCUT2D eigenvalue weighted by molar-refractivity contribution is 6.10. The Bertz CT molecular complexity index is 2410. The van der Waals surface area contributed by atoms with Gasteiger partial charge in [-0.05, 0) is 112 Å². The summed E-state index contributed by atoms with van der Waals surface area (Å²) in [5.41, 5.74) is 10.1. The van der Waals surface area contributed by atoms with Crippen molar-refractivity contribution in [2.24, 2.45) is 0 Å². The maximum Gasteiger partial charge on any atom is -0.0105 e. The Morgan fingerprint density at radius 3 is 0.577 bits per heavy atom. The van der Waals surface area contributed by atoms with Gasteiger partial charge in [0.15, 0.2) is 0 Å². The average molecular weight is 661 g/mol. The zero-order chi connectivity index (χ0) is 34.7. The van der Waals surface area contributed by atoms with E-state index in [2.05, 4.69) is 218 Å². The Kier molecular flexibility index (Phi) is 8.33. The Hall–Kier alpha value is -6.76. The van der Waals surface area contributed by atoms with Crippen LogP contribution in [0.2, 0.25) is 0 Å². The summed E-state index contributed by atoms with van der Waals surface area (Å²) in [6.45, 7) is 0. The topological polar surface area (TPSA) is 0 Å². The molecular formula is C52H36. The molecule has 0 atom stereocenters. The van der Waals surface area contributed by atoms with E-state index in [0.717, 1.165) is 0 Å². The fourth-order valence-corrected chi connectivity index (χ4v) is 7.38. The van der Waals surface area contributed by atoms with Gasteiger partial charge in [0.1, 0.15) is 0 Å². The number of rotatable bonds is 4. The molecule has 0 spiro atoms. The molecule has 10 aromatic rings. The normalized spacial score (nSPS) is 11.1. The summed E-state index contributed by atoms with van der Waals surface area (Å²) in [5, 5.41) is 10.4. The molecule has 0 heteroatoms. The number of hydrogen-bond donors (Lipinski definition) is 0. The van der Waals surface area contributed by atoms with Crippen LogP contribution in [0.5, 0.6) is 0 Å². The van der Waals surface area contributed by atoms with Crippen molar-refractivity contribution in [1.29, 1.82) is 0 Å². The molecule has 0 aliphatic heterocycles. The van der Waals surface area contributed by atoms with Gasteiger partial charge in [-0.15, -0.1) is 0 Å². The first-order valence-corrected chi connectivity index (χ1v) is 17.9. The molecular weight excluding hydrogens is 625 g/mol. The molecule has 0 nitrogen and oxygen atoms in total. The van der Waals surface area contributed by atoms with E-state index in [1.165, 1.54) is 87.6 Å². The molecule has 0 unspecified atom stereocenters. The van der Waals surface area contributed by atoms with Crippen LogP contribution in [0.25, 0.3) is 87.6 Å². The van der Waals surface area contributed by atoms with Crippen LogP contribution < -0.4 is 0 Å². The highest BCUT2D eigenvalue weighted by atomic mass is 14.1. The molecule has 0 aromatic heterocycles. The maximum atomic E-state index is 2.29. The van der Waals surface area contributed by atoms with E-state index in [1.54, 1.807) is 0 Å². The smallest absolute Gasteiger partial charge is 0.0105 e. The lowest BCUT2D eigenvalue weighted by Crippen LogP contribution is -1.83. The minimum atomic E-state index is 1.26. The number of hydrogen-bond acceptors (Lipinski definition) is 0. The van der Waals surface area contributed by atoms with Gasteiger partial charge in [0.25, 0.3) is 0 Å². The molecule has 244 valence electrons. The molecule has 0 N–H and O–H groups in total.